The molecule has 0 saturated carbocycles. The summed E-state index contributed by atoms with van der Waals surface area (Å²) < 4.78 is 5.55. The molecule has 0 aromatic heterocycles. The van der Waals surface area contributed by atoms with Gasteiger partial charge < -0.3 is 15.0 Å². The first kappa shape index (κ1) is 18.3. The van der Waals surface area contributed by atoms with E-state index in [9.17, 15) is 4.79 Å². The van der Waals surface area contributed by atoms with Crippen molar-refractivity contribution in [3.63, 3.8) is 0 Å². The lowest BCUT2D eigenvalue weighted by atomic mass is 9.95. The maximum atomic E-state index is 12.6. The van der Waals surface area contributed by atoms with Gasteiger partial charge in [-0.15, -0.1) is 12.4 Å². The number of benzene rings is 2. The Morgan fingerprint density at radius 3 is 2.65 bits per heavy atom. The molecule has 0 amide bonds. The molecule has 0 spiro atoms. The van der Waals surface area contributed by atoms with Crippen molar-refractivity contribution in [2.45, 2.75) is 31.7 Å². The van der Waals surface area contributed by atoms with Gasteiger partial charge in [0.1, 0.15) is 17.6 Å². The molecule has 2 aliphatic heterocycles. The molecule has 4 nitrogen and oxygen atoms in total. The summed E-state index contributed by atoms with van der Waals surface area (Å²) in [5, 5.41) is 3.46. The highest BCUT2D eigenvalue weighted by Crippen LogP contribution is 2.34. The molecule has 1 unspecified atom stereocenters. The Hall–Kier alpha value is -2.46. The number of halogens is 1. The lowest BCUT2D eigenvalue weighted by Gasteiger charge is -2.33. The zero-order valence-electron chi connectivity index (χ0n) is 14.8. The van der Waals surface area contributed by atoms with Gasteiger partial charge in [-0.05, 0) is 55.0 Å². The third-order valence-electron chi connectivity index (χ3n) is 4.96. The van der Waals surface area contributed by atoms with Gasteiger partial charge in [0.25, 0.3) is 0 Å². The number of carbonyl (C=O) groups is 1. The molecule has 2 aromatic rings. The van der Waals surface area contributed by atoms with Crippen LogP contribution in [0.1, 0.15) is 24.8 Å². The first-order chi connectivity index (χ1) is 12.2. The fourth-order valence-electron chi connectivity index (χ4n) is 3.67. The number of anilines is 1. The molecule has 0 saturated heterocycles. The van der Waals surface area contributed by atoms with E-state index in [1.807, 2.05) is 30.3 Å². The van der Waals surface area contributed by atoms with Gasteiger partial charge in [-0.3, -0.25) is 0 Å². The van der Waals surface area contributed by atoms with Crippen LogP contribution in [0, 0.1) is 0 Å². The molecule has 0 radical (unpaired) electrons. The standard InChI is InChI=1S/C21H22N2O2.ClH/c1-23-19-13-6-5-8-15(19)14-16-9-7-12-18(22-20(16)23)21(24)25-17-10-3-2-4-11-17;/h2-6,8,10-11,13,18,22H,7,9,12,14H2,1H3;1H. The van der Waals surface area contributed by atoms with E-state index in [4.69, 9.17) is 4.74 Å². The summed E-state index contributed by atoms with van der Waals surface area (Å²) in [6, 6.07) is 17.4. The number of para-hydroxylation sites is 2. The summed E-state index contributed by atoms with van der Waals surface area (Å²) in [5.41, 5.74) is 3.91. The lowest BCUT2D eigenvalue weighted by molar-refractivity contribution is -0.136. The van der Waals surface area contributed by atoms with Crippen LogP contribution in [0.3, 0.4) is 0 Å². The van der Waals surface area contributed by atoms with Crippen LogP contribution >= 0.6 is 12.4 Å². The van der Waals surface area contributed by atoms with E-state index in [2.05, 4.69) is 41.5 Å². The van der Waals surface area contributed by atoms with Crippen molar-refractivity contribution in [2.24, 2.45) is 0 Å². The molecule has 0 bridgehead atoms. The summed E-state index contributed by atoms with van der Waals surface area (Å²) >= 11 is 0. The molecule has 2 aliphatic rings. The van der Waals surface area contributed by atoms with Crippen LogP contribution < -0.4 is 15.0 Å². The maximum Gasteiger partial charge on any atom is 0.333 e. The molecule has 136 valence electrons. The number of hydrogen-bond donors (Lipinski definition) is 1. The number of esters is 1. The van der Waals surface area contributed by atoms with Gasteiger partial charge >= 0.3 is 5.97 Å². The summed E-state index contributed by atoms with van der Waals surface area (Å²) in [6.45, 7) is 0. The smallest absolute Gasteiger partial charge is 0.333 e. The summed E-state index contributed by atoms with van der Waals surface area (Å²) in [4.78, 5) is 14.8. The maximum absolute atomic E-state index is 12.6. The van der Waals surface area contributed by atoms with Crippen molar-refractivity contribution >= 4 is 24.1 Å². The Morgan fingerprint density at radius 2 is 1.85 bits per heavy atom. The van der Waals surface area contributed by atoms with Crippen LogP contribution in [0.5, 0.6) is 5.75 Å². The van der Waals surface area contributed by atoms with Crippen molar-refractivity contribution in [1.82, 2.24) is 5.32 Å². The summed E-state index contributed by atoms with van der Waals surface area (Å²) in [7, 11) is 2.06. The van der Waals surface area contributed by atoms with E-state index in [1.165, 1.54) is 16.8 Å². The predicted molar refractivity (Wildman–Crippen MR) is 106 cm³/mol. The van der Waals surface area contributed by atoms with E-state index in [1.54, 1.807) is 0 Å². The van der Waals surface area contributed by atoms with E-state index < -0.39 is 0 Å². The van der Waals surface area contributed by atoms with Crippen LogP contribution in [0.15, 0.2) is 66.0 Å². The summed E-state index contributed by atoms with van der Waals surface area (Å²) in [5.74, 6) is 1.44. The van der Waals surface area contributed by atoms with Gasteiger partial charge in [-0.1, -0.05) is 36.4 Å². The molecule has 1 N–H and O–H groups in total. The number of carbonyl (C=O) groups excluding carboxylic acids is 1. The van der Waals surface area contributed by atoms with E-state index >= 15 is 0 Å². The molecule has 2 heterocycles. The van der Waals surface area contributed by atoms with E-state index in [0.717, 1.165) is 31.5 Å². The molecular weight excluding hydrogens is 348 g/mol. The summed E-state index contributed by atoms with van der Waals surface area (Å²) in [6.07, 6.45) is 3.72. The van der Waals surface area contributed by atoms with Crippen LogP contribution in [0.2, 0.25) is 0 Å². The Labute approximate surface area is 160 Å². The SMILES string of the molecule is CN1C2=C(CCCC(C(=O)Oc3ccccc3)N2)Cc2ccccc21.Cl. The minimum Gasteiger partial charge on any atom is -0.425 e. The minimum absolute atomic E-state index is 0. The van der Waals surface area contributed by atoms with Crippen LogP contribution in [-0.2, 0) is 11.2 Å². The second-order valence-corrected chi connectivity index (χ2v) is 6.64. The number of rotatable bonds is 2. The largest absolute Gasteiger partial charge is 0.425 e. The molecule has 0 aliphatic carbocycles. The molecule has 26 heavy (non-hydrogen) atoms. The number of fused-ring (bicyclic) bond motifs is 1. The highest BCUT2D eigenvalue weighted by Gasteiger charge is 2.30. The van der Waals surface area contributed by atoms with Gasteiger partial charge in [0.05, 0.1) is 0 Å². The topological polar surface area (TPSA) is 41.6 Å². The first-order valence-corrected chi connectivity index (χ1v) is 8.79. The van der Waals surface area contributed by atoms with Gasteiger partial charge in [-0.2, -0.15) is 0 Å². The van der Waals surface area contributed by atoms with Crippen molar-refractivity contribution in [3.8, 4) is 5.75 Å². The molecule has 4 rings (SSSR count). The van der Waals surface area contributed by atoms with Crippen LogP contribution in [0.4, 0.5) is 5.69 Å². The molecule has 2 aromatic carbocycles. The fraction of sp³-hybridized carbons (Fsp3) is 0.286. The Morgan fingerprint density at radius 1 is 1.12 bits per heavy atom. The average Bonchev–Trinajstić information content (AvgIpc) is 2.86. The number of ether oxygens (including phenoxy) is 1. The number of hydrogen-bond acceptors (Lipinski definition) is 4. The lowest BCUT2D eigenvalue weighted by Crippen LogP contribution is -2.43. The van der Waals surface area contributed by atoms with Gasteiger partial charge in [0, 0.05) is 12.7 Å². The molecule has 0 fully saturated rings. The van der Waals surface area contributed by atoms with Crippen molar-refractivity contribution < 1.29 is 9.53 Å². The number of nitrogens with one attached hydrogen (secondary N) is 1. The molecule has 5 heteroatoms. The van der Waals surface area contributed by atoms with Gasteiger partial charge in [0.2, 0.25) is 0 Å². The van der Waals surface area contributed by atoms with Crippen molar-refractivity contribution in [2.75, 3.05) is 11.9 Å². The third-order valence-corrected chi connectivity index (χ3v) is 4.96. The average molecular weight is 371 g/mol. The zero-order valence-corrected chi connectivity index (χ0v) is 15.6. The Bertz CT molecular complexity index is 820. The van der Waals surface area contributed by atoms with Crippen LogP contribution in [-0.4, -0.2) is 19.1 Å². The monoisotopic (exact) mass is 370 g/mol. The normalized spacial score (nSPS) is 18.7. The first-order valence-electron chi connectivity index (χ1n) is 8.79. The fourth-order valence-corrected chi connectivity index (χ4v) is 3.67. The number of allylic oxidation sites excluding steroid dienone is 1. The number of nitrogens with zero attached hydrogens (tertiary/aromatic N) is 1. The van der Waals surface area contributed by atoms with Crippen molar-refractivity contribution in [1.29, 1.82) is 0 Å². The molecular formula is C21H23ClN2O2. The second kappa shape index (κ2) is 7.83. The minimum atomic E-state index is -0.319. The Kier molecular flexibility index (Phi) is 5.52. The van der Waals surface area contributed by atoms with Crippen LogP contribution in [0.25, 0.3) is 0 Å². The highest BCUT2D eigenvalue weighted by molar-refractivity contribution is 5.85. The quantitative estimate of drug-likeness (QED) is 0.639. The zero-order chi connectivity index (χ0) is 17.2. The van der Waals surface area contributed by atoms with Crippen molar-refractivity contribution in [3.05, 3.63) is 71.6 Å². The predicted octanol–water partition coefficient (Wildman–Crippen LogP) is 4.06. The van der Waals surface area contributed by atoms with Gasteiger partial charge in [-0.25, -0.2) is 4.79 Å². The van der Waals surface area contributed by atoms with E-state index in [-0.39, 0.29) is 24.4 Å². The van der Waals surface area contributed by atoms with Gasteiger partial charge in [0.15, 0.2) is 0 Å². The Balaban J connectivity index is 0.00000196. The molecule has 1 atom stereocenters. The second-order valence-electron chi connectivity index (χ2n) is 6.64. The van der Waals surface area contributed by atoms with E-state index in [0.29, 0.717) is 5.75 Å². The third kappa shape index (κ3) is 3.56. The highest BCUT2D eigenvalue weighted by atomic mass is 35.5.